The number of nitrogens with one attached hydrogen (secondary N) is 1. The molecule has 0 fully saturated rings. The van der Waals surface area contributed by atoms with Crippen molar-refractivity contribution in [2.45, 2.75) is 38.6 Å². The Morgan fingerprint density at radius 3 is 2.86 bits per heavy atom. The lowest BCUT2D eigenvalue weighted by molar-refractivity contribution is -0.123. The summed E-state index contributed by atoms with van der Waals surface area (Å²) in [6.45, 7) is 2.95. The molecule has 3 nitrogen and oxygen atoms in total. The monoisotopic (exact) mass is 196 g/mol. The molecule has 0 aromatic rings. The standard InChI is InChI=1S/C11H20N2O/c1-2-3-4-7-13-11(14)9-5-6-10(12)8-9/h5-6,9-10H,2-4,7-8,12H2,1H3,(H,13,14). The van der Waals surface area contributed by atoms with Crippen molar-refractivity contribution in [3.63, 3.8) is 0 Å². The van der Waals surface area contributed by atoms with Gasteiger partial charge in [-0.05, 0) is 12.8 Å². The van der Waals surface area contributed by atoms with Gasteiger partial charge in [0.05, 0.1) is 5.92 Å². The molecule has 1 amide bonds. The quantitative estimate of drug-likeness (QED) is 0.512. The zero-order valence-electron chi connectivity index (χ0n) is 8.83. The van der Waals surface area contributed by atoms with Gasteiger partial charge < -0.3 is 11.1 Å². The predicted octanol–water partition coefficient (Wildman–Crippen LogP) is 1.20. The second-order valence-corrected chi connectivity index (χ2v) is 3.89. The SMILES string of the molecule is CCCCCNC(=O)C1C=CC(N)C1. The molecule has 0 radical (unpaired) electrons. The van der Waals surface area contributed by atoms with Crippen LogP contribution >= 0.6 is 0 Å². The zero-order chi connectivity index (χ0) is 10.4. The van der Waals surface area contributed by atoms with Gasteiger partial charge in [-0.3, -0.25) is 4.79 Å². The van der Waals surface area contributed by atoms with Crippen LogP contribution in [0, 0.1) is 5.92 Å². The first-order valence-corrected chi connectivity index (χ1v) is 5.45. The van der Waals surface area contributed by atoms with E-state index >= 15 is 0 Å². The van der Waals surface area contributed by atoms with E-state index in [1.54, 1.807) is 0 Å². The first kappa shape index (κ1) is 11.2. The third-order valence-electron chi connectivity index (χ3n) is 2.53. The average molecular weight is 196 g/mol. The molecule has 0 saturated heterocycles. The second-order valence-electron chi connectivity index (χ2n) is 3.89. The van der Waals surface area contributed by atoms with Gasteiger partial charge in [-0.15, -0.1) is 0 Å². The lowest BCUT2D eigenvalue weighted by atomic mass is 10.1. The Labute approximate surface area is 85.7 Å². The van der Waals surface area contributed by atoms with Crippen molar-refractivity contribution < 1.29 is 4.79 Å². The number of nitrogens with two attached hydrogens (primary N) is 1. The molecular weight excluding hydrogens is 176 g/mol. The Kier molecular flexibility index (Phi) is 4.66. The molecule has 14 heavy (non-hydrogen) atoms. The van der Waals surface area contributed by atoms with E-state index in [-0.39, 0.29) is 17.9 Å². The summed E-state index contributed by atoms with van der Waals surface area (Å²) in [6, 6.07) is 0.0707. The van der Waals surface area contributed by atoms with E-state index in [1.165, 1.54) is 12.8 Å². The van der Waals surface area contributed by atoms with E-state index in [4.69, 9.17) is 5.73 Å². The molecule has 1 aliphatic carbocycles. The molecule has 0 bridgehead atoms. The summed E-state index contributed by atoms with van der Waals surface area (Å²) >= 11 is 0. The summed E-state index contributed by atoms with van der Waals surface area (Å²) in [6.07, 6.45) is 8.03. The molecule has 0 spiro atoms. The predicted molar refractivity (Wildman–Crippen MR) is 57.8 cm³/mol. The van der Waals surface area contributed by atoms with Crippen LogP contribution in [0.15, 0.2) is 12.2 Å². The summed E-state index contributed by atoms with van der Waals surface area (Å²) in [4.78, 5) is 11.5. The van der Waals surface area contributed by atoms with Crippen LogP contribution in [-0.4, -0.2) is 18.5 Å². The molecule has 2 unspecified atom stereocenters. The highest BCUT2D eigenvalue weighted by molar-refractivity contribution is 5.81. The van der Waals surface area contributed by atoms with Crippen LogP contribution in [0.5, 0.6) is 0 Å². The van der Waals surface area contributed by atoms with Crippen LogP contribution in [0.4, 0.5) is 0 Å². The van der Waals surface area contributed by atoms with Crippen molar-refractivity contribution in [1.29, 1.82) is 0 Å². The second kappa shape index (κ2) is 5.81. The third-order valence-corrected chi connectivity index (χ3v) is 2.53. The maximum Gasteiger partial charge on any atom is 0.226 e. The summed E-state index contributed by atoms with van der Waals surface area (Å²) in [5, 5.41) is 2.93. The third kappa shape index (κ3) is 3.50. The van der Waals surface area contributed by atoms with Crippen molar-refractivity contribution in [2.24, 2.45) is 11.7 Å². The van der Waals surface area contributed by atoms with Gasteiger partial charge in [0.15, 0.2) is 0 Å². The van der Waals surface area contributed by atoms with Gasteiger partial charge in [0.1, 0.15) is 0 Å². The van der Waals surface area contributed by atoms with E-state index in [0.717, 1.165) is 19.4 Å². The highest BCUT2D eigenvalue weighted by atomic mass is 16.1. The highest BCUT2D eigenvalue weighted by Gasteiger charge is 2.21. The minimum Gasteiger partial charge on any atom is -0.356 e. The molecule has 80 valence electrons. The van der Waals surface area contributed by atoms with Crippen molar-refractivity contribution >= 4 is 5.91 Å². The normalized spacial score (nSPS) is 25.3. The Bertz CT molecular complexity index is 213. The molecule has 0 aliphatic heterocycles. The zero-order valence-corrected chi connectivity index (χ0v) is 8.83. The molecule has 0 heterocycles. The first-order chi connectivity index (χ1) is 6.74. The highest BCUT2D eigenvalue weighted by Crippen LogP contribution is 2.16. The molecule has 3 heteroatoms. The largest absolute Gasteiger partial charge is 0.356 e. The van der Waals surface area contributed by atoms with Crippen molar-refractivity contribution in [1.82, 2.24) is 5.32 Å². The van der Waals surface area contributed by atoms with E-state index < -0.39 is 0 Å². The van der Waals surface area contributed by atoms with Gasteiger partial charge in [0.25, 0.3) is 0 Å². The maximum atomic E-state index is 11.5. The number of amides is 1. The van der Waals surface area contributed by atoms with Gasteiger partial charge in [-0.1, -0.05) is 31.9 Å². The molecule has 0 saturated carbocycles. The Morgan fingerprint density at radius 2 is 2.29 bits per heavy atom. The summed E-state index contributed by atoms with van der Waals surface area (Å²) in [7, 11) is 0. The van der Waals surface area contributed by atoms with Crippen molar-refractivity contribution in [3.8, 4) is 0 Å². The molecule has 3 N–H and O–H groups in total. The molecule has 1 rings (SSSR count). The summed E-state index contributed by atoms with van der Waals surface area (Å²) in [5.74, 6) is 0.136. The Balaban J connectivity index is 2.13. The van der Waals surface area contributed by atoms with E-state index in [1.807, 2.05) is 12.2 Å². The smallest absolute Gasteiger partial charge is 0.226 e. The minimum atomic E-state index is 0.00614. The van der Waals surface area contributed by atoms with Crippen LogP contribution in [0.25, 0.3) is 0 Å². The molecule has 1 aliphatic rings. The summed E-state index contributed by atoms with van der Waals surface area (Å²) < 4.78 is 0. The van der Waals surface area contributed by atoms with Crippen molar-refractivity contribution in [2.75, 3.05) is 6.54 Å². The van der Waals surface area contributed by atoms with Crippen LogP contribution < -0.4 is 11.1 Å². The fourth-order valence-electron chi connectivity index (χ4n) is 1.64. The lowest BCUT2D eigenvalue weighted by Gasteiger charge is -2.09. The fourth-order valence-corrected chi connectivity index (χ4v) is 1.64. The van der Waals surface area contributed by atoms with Crippen LogP contribution in [0.3, 0.4) is 0 Å². The van der Waals surface area contributed by atoms with E-state index in [0.29, 0.717) is 0 Å². The van der Waals surface area contributed by atoms with Gasteiger partial charge in [0.2, 0.25) is 5.91 Å². The van der Waals surface area contributed by atoms with Crippen molar-refractivity contribution in [3.05, 3.63) is 12.2 Å². The summed E-state index contributed by atoms with van der Waals surface area (Å²) in [5.41, 5.74) is 5.67. The van der Waals surface area contributed by atoms with Crippen LogP contribution in [0.1, 0.15) is 32.6 Å². The number of unbranched alkanes of at least 4 members (excludes halogenated alkanes) is 2. The van der Waals surface area contributed by atoms with Crippen LogP contribution in [0.2, 0.25) is 0 Å². The van der Waals surface area contributed by atoms with Gasteiger partial charge in [0, 0.05) is 12.6 Å². The molecule has 0 aromatic heterocycles. The van der Waals surface area contributed by atoms with Gasteiger partial charge in [-0.2, -0.15) is 0 Å². The van der Waals surface area contributed by atoms with Gasteiger partial charge >= 0.3 is 0 Å². The van der Waals surface area contributed by atoms with E-state index in [9.17, 15) is 4.79 Å². The fraction of sp³-hybridized carbons (Fsp3) is 0.727. The molecule has 2 atom stereocenters. The number of carbonyl (C=O) groups is 1. The number of hydrogen-bond acceptors (Lipinski definition) is 2. The average Bonchev–Trinajstić information content (AvgIpc) is 2.59. The Morgan fingerprint density at radius 1 is 1.50 bits per heavy atom. The maximum absolute atomic E-state index is 11.5. The first-order valence-electron chi connectivity index (χ1n) is 5.45. The molecular formula is C11H20N2O. The molecule has 0 aromatic carbocycles. The van der Waals surface area contributed by atoms with Gasteiger partial charge in [-0.25, -0.2) is 0 Å². The minimum absolute atomic E-state index is 0.00614. The Hall–Kier alpha value is -0.830. The van der Waals surface area contributed by atoms with E-state index in [2.05, 4.69) is 12.2 Å². The van der Waals surface area contributed by atoms with Crippen LogP contribution in [-0.2, 0) is 4.79 Å². The number of hydrogen-bond donors (Lipinski definition) is 2. The topological polar surface area (TPSA) is 55.1 Å². The number of carbonyl (C=O) groups excluding carboxylic acids is 1. The lowest BCUT2D eigenvalue weighted by Crippen LogP contribution is -2.31. The number of rotatable bonds is 5.